The first-order valence-corrected chi connectivity index (χ1v) is 7.58. The molecule has 0 aromatic heterocycles. The van der Waals surface area contributed by atoms with Gasteiger partial charge in [-0.05, 0) is 40.5 Å². The second-order valence-electron chi connectivity index (χ2n) is 6.58. The minimum atomic E-state index is -0.647. The van der Waals surface area contributed by atoms with Crippen LogP contribution >= 0.6 is 0 Å². The lowest BCUT2D eigenvalue weighted by atomic mass is 9.90. The molecule has 5 heteroatoms. The molecule has 2 rings (SSSR count). The van der Waals surface area contributed by atoms with Gasteiger partial charge < -0.3 is 15.0 Å². The van der Waals surface area contributed by atoms with Crippen LogP contribution in [0.1, 0.15) is 53.4 Å². The molecule has 1 saturated heterocycles. The minimum absolute atomic E-state index is 0.0428. The lowest BCUT2D eigenvalue weighted by Gasteiger charge is -2.45. The summed E-state index contributed by atoms with van der Waals surface area (Å²) in [6, 6.07) is -0.423. The summed E-state index contributed by atoms with van der Waals surface area (Å²) in [5, 5.41) is 2.97. The summed E-state index contributed by atoms with van der Waals surface area (Å²) in [6.45, 7) is 8.71. The molecule has 5 nitrogen and oxygen atoms in total. The number of nitrogens with one attached hydrogen (secondary N) is 1. The van der Waals surface area contributed by atoms with Crippen molar-refractivity contribution >= 4 is 11.8 Å². The topological polar surface area (TPSA) is 58.6 Å². The summed E-state index contributed by atoms with van der Waals surface area (Å²) in [5.74, 6) is 0.0219. The number of carbonyl (C=O) groups is 2. The molecule has 1 heterocycles. The number of amides is 2. The van der Waals surface area contributed by atoms with E-state index in [-0.39, 0.29) is 11.8 Å². The summed E-state index contributed by atoms with van der Waals surface area (Å²) in [6.07, 6.45) is 3.53. The van der Waals surface area contributed by atoms with Crippen LogP contribution in [0.4, 0.5) is 0 Å². The quantitative estimate of drug-likeness (QED) is 0.849. The van der Waals surface area contributed by atoms with Crippen LogP contribution in [0, 0.1) is 0 Å². The predicted octanol–water partition coefficient (Wildman–Crippen LogP) is 1.46. The van der Waals surface area contributed by atoms with Crippen molar-refractivity contribution in [3.05, 3.63) is 0 Å². The van der Waals surface area contributed by atoms with E-state index in [0.717, 1.165) is 25.7 Å². The van der Waals surface area contributed by atoms with E-state index < -0.39 is 17.2 Å². The fraction of sp³-hybridized carbons (Fsp3) is 0.867. The molecule has 1 spiro atoms. The average Bonchev–Trinajstić information content (AvgIpc) is 2.82. The molecule has 0 aromatic carbocycles. The van der Waals surface area contributed by atoms with E-state index in [0.29, 0.717) is 13.2 Å². The van der Waals surface area contributed by atoms with Gasteiger partial charge in [-0.3, -0.25) is 9.59 Å². The second-order valence-corrected chi connectivity index (χ2v) is 6.58. The molecule has 1 aliphatic carbocycles. The van der Waals surface area contributed by atoms with Gasteiger partial charge in [0.05, 0.1) is 12.1 Å². The maximum atomic E-state index is 12.8. The third-order valence-electron chi connectivity index (χ3n) is 4.42. The Bertz CT molecular complexity index is 400. The third-order valence-corrected chi connectivity index (χ3v) is 4.42. The molecule has 2 fully saturated rings. The Balaban J connectivity index is 2.20. The van der Waals surface area contributed by atoms with Crippen molar-refractivity contribution in [1.29, 1.82) is 0 Å². The van der Waals surface area contributed by atoms with Crippen molar-refractivity contribution in [2.75, 3.05) is 13.2 Å². The Morgan fingerprint density at radius 2 is 1.95 bits per heavy atom. The van der Waals surface area contributed by atoms with Crippen LogP contribution in [0.3, 0.4) is 0 Å². The molecule has 20 heavy (non-hydrogen) atoms. The highest BCUT2D eigenvalue weighted by Crippen LogP contribution is 2.35. The number of piperazine rings is 1. The molecule has 1 saturated carbocycles. The first-order chi connectivity index (χ1) is 9.31. The van der Waals surface area contributed by atoms with Gasteiger partial charge in [-0.2, -0.15) is 0 Å². The number of ether oxygens (including phenoxy) is 1. The van der Waals surface area contributed by atoms with Gasteiger partial charge in [0, 0.05) is 6.61 Å². The molecular weight excluding hydrogens is 256 g/mol. The highest BCUT2D eigenvalue weighted by atomic mass is 16.5. The molecule has 0 radical (unpaired) electrons. The normalized spacial score (nSPS) is 26.2. The van der Waals surface area contributed by atoms with E-state index in [2.05, 4.69) is 5.32 Å². The van der Waals surface area contributed by atoms with E-state index in [1.807, 2.05) is 20.8 Å². The first kappa shape index (κ1) is 15.3. The van der Waals surface area contributed by atoms with Crippen LogP contribution in [-0.4, -0.2) is 47.0 Å². The van der Waals surface area contributed by atoms with Gasteiger partial charge in [-0.25, -0.2) is 0 Å². The molecule has 1 unspecified atom stereocenters. The number of carbonyl (C=O) groups excluding carboxylic acids is 2. The highest BCUT2D eigenvalue weighted by Gasteiger charge is 2.51. The third kappa shape index (κ3) is 2.68. The van der Waals surface area contributed by atoms with Crippen molar-refractivity contribution in [1.82, 2.24) is 10.2 Å². The molecule has 1 atom stereocenters. The van der Waals surface area contributed by atoms with Crippen molar-refractivity contribution in [3.63, 3.8) is 0 Å². The maximum Gasteiger partial charge on any atom is 0.249 e. The van der Waals surface area contributed by atoms with Crippen LogP contribution in [0.2, 0.25) is 0 Å². The standard InChI is InChI=1S/C15H26N2O3/c1-5-20-14(3,4)10-17-11(2)12(18)16-15(13(17)19)8-6-7-9-15/h11H,5-10H2,1-4H3,(H,16,18). The van der Waals surface area contributed by atoms with Crippen LogP contribution in [0.15, 0.2) is 0 Å². The van der Waals surface area contributed by atoms with Crippen LogP contribution in [-0.2, 0) is 14.3 Å². The summed E-state index contributed by atoms with van der Waals surface area (Å²) >= 11 is 0. The van der Waals surface area contributed by atoms with Gasteiger partial charge in [0.15, 0.2) is 0 Å². The summed E-state index contributed by atoms with van der Waals surface area (Å²) in [7, 11) is 0. The fourth-order valence-electron chi connectivity index (χ4n) is 3.36. The van der Waals surface area contributed by atoms with Gasteiger partial charge in [0.1, 0.15) is 11.6 Å². The number of nitrogens with zero attached hydrogens (tertiary/aromatic N) is 1. The predicted molar refractivity (Wildman–Crippen MR) is 76.2 cm³/mol. The van der Waals surface area contributed by atoms with E-state index in [1.54, 1.807) is 11.8 Å². The SMILES string of the molecule is CCOC(C)(C)CN1C(=O)C2(CCCC2)NC(=O)C1C. The average molecular weight is 282 g/mol. The zero-order valence-corrected chi connectivity index (χ0v) is 13.0. The van der Waals surface area contributed by atoms with Crippen molar-refractivity contribution < 1.29 is 14.3 Å². The Hall–Kier alpha value is -1.10. The zero-order chi connectivity index (χ0) is 15.0. The van der Waals surface area contributed by atoms with Crippen molar-refractivity contribution in [3.8, 4) is 0 Å². The van der Waals surface area contributed by atoms with Gasteiger partial charge in [-0.1, -0.05) is 12.8 Å². The molecule has 0 bridgehead atoms. The van der Waals surface area contributed by atoms with E-state index in [4.69, 9.17) is 4.74 Å². The molecule has 1 aliphatic heterocycles. The molecule has 1 N–H and O–H groups in total. The molecule has 0 aromatic rings. The molecule has 2 aliphatic rings. The Labute approximate surface area is 121 Å². The summed E-state index contributed by atoms with van der Waals surface area (Å²) in [4.78, 5) is 26.8. The molecule has 2 amide bonds. The zero-order valence-electron chi connectivity index (χ0n) is 13.0. The number of hydrogen-bond donors (Lipinski definition) is 1. The Kier molecular flexibility index (Phi) is 4.09. The lowest BCUT2D eigenvalue weighted by Crippen LogP contribution is -2.70. The summed E-state index contributed by atoms with van der Waals surface area (Å²) < 4.78 is 5.69. The number of hydrogen-bond acceptors (Lipinski definition) is 3. The van der Waals surface area contributed by atoms with Crippen LogP contribution < -0.4 is 5.32 Å². The second kappa shape index (κ2) is 5.35. The van der Waals surface area contributed by atoms with Crippen LogP contribution in [0.5, 0.6) is 0 Å². The number of rotatable bonds is 4. The van der Waals surface area contributed by atoms with Crippen LogP contribution in [0.25, 0.3) is 0 Å². The van der Waals surface area contributed by atoms with Crippen molar-refractivity contribution in [2.24, 2.45) is 0 Å². The van der Waals surface area contributed by atoms with Gasteiger partial charge >= 0.3 is 0 Å². The largest absolute Gasteiger partial charge is 0.374 e. The van der Waals surface area contributed by atoms with E-state index in [9.17, 15) is 9.59 Å². The maximum absolute atomic E-state index is 12.8. The lowest BCUT2D eigenvalue weighted by molar-refractivity contribution is -0.158. The van der Waals surface area contributed by atoms with Gasteiger partial charge in [-0.15, -0.1) is 0 Å². The fourth-order valence-corrected chi connectivity index (χ4v) is 3.36. The highest BCUT2D eigenvalue weighted by molar-refractivity contribution is 5.99. The monoisotopic (exact) mass is 282 g/mol. The van der Waals surface area contributed by atoms with Crippen molar-refractivity contribution in [2.45, 2.75) is 70.6 Å². The summed E-state index contributed by atoms with van der Waals surface area (Å²) in [5.41, 5.74) is -1.08. The first-order valence-electron chi connectivity index (χ1n) is 7.58. The van der Waals surface area contributed by atoms with Gasteiger partial charge in [0.25, 0.3) is 0 Å². The molecule has 114 valence electrons. The van der Waals surface area contributed by atoms with Gasteiger partial charge in [0.2, 0.25) is 11.8 Å². The van der Waals surface area contributed by atoms with E-state index >= 15 is 0 Å². The Morgan fingerprint density at radius 1 is 1.35 bits per heavy atom. The smallest absolute Gasteiger partial charge is 0.249 e. The molecular formula is C15H26N2O3. The Morgan fingerprint density at radius 3 is 2.50 bits per heavy atom. The van der Waals surface area contributed by atoms with E-state index in [1.165, 1.54) is 0 Å². The minimum Gasteiger partial charge on any atom is -0.374 e.